The van der Waals surface area contributed by atoms with E-state index in [1.165, 1.54) is 5.39 Å². The van der Waals surface area contributed by atoms with Crippen molar-refractivity contribution in [1.82, 2.24) is 0 Å². The fourth-order valence-electron chi connectivity index (χ4n) is 1.44. The molecule has 0 bridgehead atoms. The Morgan fingerprint density at radius 1 is 1.50 bits per heavy atom. The van der Waals surface area contributed by atoms with Gasteiger partial charge in [-0.2, -0.15) is 0 Å². The van der Waals surface area contributed by atoms with E-state index >= 15 is 0 Å². The van der Waals surface area contributed by atoms with Gasteiger partial charge in [0.1, 0.15) is 0 Å². The van der Waals surface area contributed by atoms with Crippen molar-refractivity contribution in [2.75, 3.05) is 19.1 Å². The number of hydrogen-bond acceptors (Lipinski definition) is 4. The Kier molecular flexibility index (Phi) is 2.56. The Hall–Kier alpha value is -0.870. The van der Waals surface area contributed by atoms with Crippen LogP contribution >= 0.6 is 23.1 Å². The van der Waals surface area contributed by atoms with Crippen LogP contribution in [-0.4, -0.2) is 13.4 Å². The SMILES string of the molecule is COc1c(N)c(SC)cc2ccsc12. The molecule has 2 N–H and O–H groups in total. The first kappa shape index (κ1) is 9.68. The van der Waals surface area contributed by atoms with Gasteiger partial charge in [-0.05, 0) is 29.2 Å². The van der Waals surface area contributed by atoms with Crippen molar-refractivity contribution in [1.29, 1.82) is 0 Å². The zero-order valence-electron chi connectivity index (χ0n) is 8.03. The predicted molar refractivity (Wildman–Crippen MR) is 64.6 cm³/mol. The highest BCUT2D eigenvalue weighted by Gasteiger charge is 2.11. The maximum atomic E-state index is 5.99. The number of ether oxygens (including phenoxy) is 1. The third-order valence-corrected chi connectivity index (χ3v) is 3.83. The van der Waals surface area contributed by atoms with E-state index in [0.29, 0.717) is 0 Å². The summed E-state index contributed by atoms with van der Waals surface area (Å²) >= 11 is 3.30. The minimum absolute atomic E-state index is 0.745. The van der Waals surface area contributed by atoms with Gasteiger partial charge in [-0.25, -0.2) is 0 Å². The summed E-state index contributed by atoms with van der Waals surface area (Å²) in [4.78, 5) is 1.08. The first-order valence-corrected chi connectivity index (χ1v) is 6.26. The number of anilines is 1. The van der Waals surface area contributed by atoms with Gasteiger partial charge in [-0.3, -0.25) is 0 Å². The number of benzene rings is 1. The Bertz CT molecular complexity index is 464. The Balaban J connectivity index is 2.80. The first-order chi connectivity index (χ1) is 6.77. The lowest BCUT2D eigenvalue weighted by molar-refractivity contribution is 0.422. The van der Waals surface area contributed by atoms with Crippen molar-refractivity contribution in [3.8, 4) is 5.75 Å². The maximum Gasteiger partial charge on any atom is 0.160 e. The Morgan fingerprint density at radius 3 is 2.93 bits per heavy atom. The molecule has 0 radical (unpaired) electrons. The van der Waals surface area contributed by atoms with E-state index in [2.05, 4.69) is 17.5 Å². The molecule has 0 saturated carbocycles. The lowest BCUT2D eigenvalue weighted by Crippen LogP contribution is -1.94. The number of thioether (sulfide) groups is 1. The highest BCUT2D eigenvalue weighted by molar-refractivity contribution is 7.98. The van der Waals surface area contributed by atoms with E-state index in [9.17, 15) is 0 Å². The van der Waals surface area contributed by atoms with Gasteiger partial charge in [-0.1, -0.05) is 0 Å². The largest absolute Gasteiger partial charge is 0.493 e. The van der Waals surface area contributed by atoms with Crippen LogP contribution in [-0.2, 0) is 0 Å². The molecule has 0 aliphatic carbocycles. The molecule has 0 aliphatic heterocycles. The average molecular weight is 225 g/mol. The molecule has 0 saturated heterocycles. The zero-order valence-corrected chi connectivity index (χ0v) is 9.67. The number of thiophene rings is 1. The number of fused-ring (bicyclic) bond motifs is 1. The van der Waals surface area contributed by atoms with Crippen LogP contribution < -0.4 is 10.5 Å². The highest BCUT2D eigenvalue weighted by atomic mass is 32.2. The molecule has 1 aromatic heterocycles. The summed E-state index contributed by atoms with van der Waals surface area (Å²) in [6.07, 6.45) is 2.02. The van der Waals surface area contributed by atoms with Crippen LogP contribution in [0.15, 0.2) is 22.4 Å². The molecular formula is C10H11NOS2. The third kappa shape index (κ3) is 1.35. The number of nitrogens with two attached hydrogens (primary N) is 1. The topological polar surface area (TPSA) is 35.2 Å². The molecule has 2 rings (SSSR count). The number of methoxy groups -OCH3 is 1. The molecule has 14 heavy (non-hydrogen) atoms. The molecule has 0 atom stereocenters. The molecular weight excluding hydrogens is 214 g/mol. The highest BCUT2D eigenvalue weighted by Crippen LogP contribution is 2.41. The van der Waals surface area contributed by atoms with E-state index in [4.69, 9.17) is 10.5 Å². The molecule has 0 amide bonds. The van der Waals surface area contributed by atoms with Crippen molar-refractivity contribution < 1.29 is 4.74 Å². The molecule has 1 heterocycles. The smallest absolute Gasteiger partial charge is 0.160 e. The van der Waals surface area contributed by atoms with Gasteiger partial charge in [0.05, 0.1) is 17.5 Å². The maximum absolute atomic E-state index is 5.99. The second-order valence-electron chi connectivity index (χ2n) is 2.86. The molecule has 0 aliphatic rings. The van der Waals surface area contributed by atoms with Crippen LogP contribution in [0.2, 0.25) is 0 Å². The average Bonchev–Trinajstić information content (AvgIpc) is 2.64. The van der Waals surface area contributed by atoms with Gasteiger partial charge in [0.25, 0.3) is 0 Å². The summed E-state index contributed by atoms with van der Waals surface area (Å²) < 4.78 is 6.46. The quantitative estimate of drug-likeness (QED) is 0.629. The van der Waals surface area contributed by atoms with Crippen LogP contribution in [0, 0.1) is 0 Å². The zero-order chi connectivity index (χ0) is 10.1. The van der Waals surface area contributed by atoms with Gasteiger partial charge in [0, 0.05) is 4.90 Å². The van der Waals surface area contributed by atoms with Crippen LogP contribution in [0.4, 0.5) is 5.69 Å². The summed E-state index contributed by atoms with van der Waals surface area (Å²) in [5, 5.41) is 3.25. The van der Waals surface area contributed by atoms with E-state index in [1.54, 1.807) is 30.2 Å². The summed E-state index contributed by atoms with van der Waals surface area (Å²) in [7, 11) is 1.66. The number of nitrogen functional groups attached to an aromatic ring is 1. The fourth-order valence-corrected chi connectivity index (χ4v) is 2.91. The van der Waals surface area contributed by atoms with E-state index in [1.807, 2.05) is 6.26 Å². The van der Waals surface area contributed by atoms with Crippen LogP contribution in [0.25, 0.3) is 10.1 Å². The summed E-state index contributed by atoms with van der Waals surface area (Å²) in [6.45, 7) is 0. The van der Waals surface area contributed by atoms with E-state index < -0.39 is 0 Å². The molecule has 1 aromatic carbocycles. The van der Waals surface area contributed by atoms with Gasteiger partial charge in [0.15, 0.2) is 5.75 Å². The molecule has 0 spiro atoms. The molecule has 2 nitrogen and oxygen atoms in total. The number of hydrogen-bond donors (Lipinski definition) is 1. The predicted octanol–water partition coefficient (Wildman–Crippen LogP) is 3.21. The second kappa shape index (κ2) is 3.71. The van der Waals surface area contributed by atoms with Crippen LogP contribution in [0.3, 0.4) is 0 Å². The Labute approximate surface area is 91.1 Å². The van der Waals surface area contributed by atoms with Gasteiger partial charge < -0.3 is 10.5 Å². The van der Waals surface area contributed by atoms with Crippen molar-refractivity contribution >= 4 is 38.9 Å². The van der Waals surface area contributed by atoms with Crippen molar-refractivity contribution in [3.63, 3.8) is 0 Å². The van der Waals surface area contributed by atoms with Crippen molar-refractivity contribution in [2.24, 2.45) is 0 Å². The summed E-state index contributed by atoms with van der Waals surface area (Å²) in [5.41, 5.74) is 6.74. The third-order valence-electron chi connectivity index (χ3n) is 2.12. The second-order valence-corrected chi connectivity index (χ2v) is 4.63. The molecule has 2 aromatic rings. The lowest BCUT2D eigenvalue weighted by atomic mass is 10.2. The Morgan fingerprint density at radius 2 is 2.29 bits per heavy atom. The van der Waals surface area contributed by atoms with E-state index in [0.717, 1.165) is 21.0 Å². The van der Waals surface area contributed by atoms with Crippen LogP contribution in [0.1, 0.15) is 0 Å². The molecule has 74 valence electrons. The monoisotopic (exact) mass is 225 g/mol. The van der Waals surface area contributed by atoms with Gasteiger partial charge >= 0.3 is 0 Å². The lowest BCUT2D eigenvalue weighted by Gasteiger charge is -2.09. The molecule has 0 unspecified atom stereocenters. The van der Waals surface area contributed by atoms with Gasteiger partial charge in [0.2, 0.25) is 0 Å². The molecule has 0 fully saturated rings. The normalized spacial score (nSPS) is 10.7. The summed E-state index contributed by atoms with van der Waals surface area (Å²) in [6, 6.07) is 4.19. The first-order valence-electron chi connectivity index (χ1n) is 4.15. The van der Waals surface area contributed by atoms with Crippen molar-refractivity contribution in [3.05, 3.63) is 17.5 Å². The van der Waals surface area contributed by atoms with Crippen LogP contribution in [0.5, 0.6) is 5.75 Å². The van der Waals surface area contributed by atoms with Crippen molar-refractivity contribution in [2.45, 2.75) is 4.90 Å². The molecule has 4 heteroatoms. The standard InChI is InChI=1S/C10H11NOS2/c1-12-9-8(11)7(13-2)5-6-3-4-14-10(6)9/h3-5H,11H2,1-2H3. The summed E-state index contributed by atoms with van der Waals surface area (Å²) in [5.74, 6) is 0.807. The minimum atomic E-state index is 0.745. The fraction of sp³-hybridized carbons (Fsp3) is 0.200. The van der Waals surface area contributed by atoms with Gasteiger partial charge in [-0.15, -0.1) is 23.1 Å². The minimum Gasteiger partial charge on any atom is -0.493 e. The number of rotatable bonds is 2. The van der Waals surface area contributed by atoms with E-state index in [-0.39, 0.29) is 0 Å².